The standard InChI is InChI=1S/C10H8BrClN2O/c11-10-7(6-15)5-13-14(10)9-3-1-8(12)2-4-9/h1-5,15H,6H2. The lowest BCUT2D eigenvalue weighted by atomic mass is 10.3. The third kappa shape index (κ3) is 2.07. The summed E-state index contributed by atoms with van der Waals surface area (Å²) in [5.41, 5.74) is 1.65. The summed E-state index contributed by atoms with van der Waals surface area (Å²) in [4.78, 5) is 0. The average Bonchev–Trinajstić information content (AvgIpc) is 2.61. The Morgan fingerprint density at radius 2 is 2.00 bits per heavy atom. The quantitative estimate of drug-likeness (QED) is 0.922. The van der Waals surface area contributed by atoms with Crippen LogP contribution < -0.4 is 0 Å². The van der Waals surface area contributed by atoms with Gasteiger partial charge < -0.3 is 5.11 Å². The molecule has 0 bridgehead atoms. The summed E-state index contributed by atoms with van der Waals surface area (Å²) in [5, 5.41) is 13.9. The SMILES string of the molecule is OCc1cnn(-c2ccc(Cl)cc2)c1Br. The zero-order valence-corrected chi connectivity index (χ0v) is 10.0. The van der Waals surface area contributed by atoms with E-state index in [1.54, 1.807) is 23.0 Å². The summed E-state index contributed by atoms with van der Waals surface area (Å²) < 4.78 is 2.45. The molecule has 1 heterocycles. The molecule has 3 nitrogen and oxygen atoms in total. The van der Waals surface area contributed by atoms with E-state index in [0.29, 0.717) is 5.02 Å². The first kappa shape index (κ1) is 10.7. The molecule has 0 aliphatic rings. The Bertz CT molecular complexity index is 467. The third-order valence-corrected chi connectivity index (χ3v) is 3.12. The van der Waals surface area contributed by atoms with E-state index in [1.807, 2.05) is 12.1 Å². The van der Waals surface area contributed by atoms with Crippen molar-refractivity contribution < 1.29 is 5.11 Å². The molecule has 1 N–H and O–H groups in total. The molecule has 1 aromatic carbocycles. The highest BCUT2D eigenvalue weighted by Crippen LogP contribution is 2.21. The van der Waals surface area contributed by atoms with E-state index in [2.05, 4.69) is 21.0 Å². The molecule has 0 saturated heterocycles. The van der Waals surface area contributed by atoms with Crippen molar-refractivity contribution in [2.75, 3.05) is 0 Å². The monoisotopic (exact) mass is 286 g/mol. The van der Waals surface area contributed by atoms with Gasteiger partial charge in [0.05, 0.1) is 18.5 Å². The predicted molar refractivity (Wildman–Crippen MR) is 62.2 cm³/mol. The molecular weight excluding hydrogens is 279 g/mol. The van der Waals surface area contributed by atoms with Crippen molar-refractivity contribution in [3.63, 3.8) is 0 Å². The van der Waals surface area contributed by atoms with Gasteiger partial charge in [0, 0.05) is 10.6 Å². The van der Waals surface area contributed by atoms with Gasteiger partial charge in [-0.2, -0.15) is 5.10 Å². The van der Waals surface area contributed by atoms with Gasteiger partial charge in [-0.25, -0.2) is 4.68 Å². The van der Waals surface area contributed by atoms with E-state index in [9.17, 15) is 0 Å². The lowest BCUT2D eigenvalue weighted by Crippen LogP contribution is -1.96. The minimum absolute atomic E-state index is 0.0336. The summed E-state index contributed by atoms with van der Waals surface area (Å²) >= 11 is 9.16. The lowest BCUT2D eigenvalue weighted by Gasteiger charge is -2.03. The highest BCUT2D eigenvalue weighted by atomic mass is 79.9. The zero-order valence-electron chi connectivity index (χ0n) is 7.69. The molecule has 0 atom stereocenters. The molecular formula is C10H8BrClN2O. The molecule has 2 rings (SSSR count). The molecule has 5 heteroatoms. The molecule has 0 fully saturated rings. The number of halogens is 2. The topological polar surface area (TPSA) is 38.1 Å². The fourth-order valence-corrected chi connectivity index (χ4v) is 1.89. The Kier molecular flexibility index (Phi) is 3.09. The Labute approximate surface area is 100 Å². The number of hydrogen-bond acceptors (Lipinski definition) is 2. The fourth-order valence-electron chi connectivity index (χ4n) is 1.24. The van der Waals surface area contributed by atoms with Crippen LogP contribution in [0.15, 0.2) is 35.1 Å². The van der Waals surface area contributed by atoms with Crippen molar-refractivity contribution in [1.29, 1.82) is 0 Å². The second kappa shape index (κ2) is 4.35. The van der Waals surface area contributed by atoms with Gasteiger partial charge in [0.15, 0.2) is 0 Å². The van der Waals surface area contributed by atoms with E-state index in [-0.39, 0.29) is 6.61 Å². The van der Waals surface area contributed by atoms with Crippen LogP contribution in [-0.4, -0.2) is 14.9 Å². The van der Waals surface area contributed by atoms with Crippen molar-refractivity contribution in [2.45, 2.75) is 6.61 Å². The van der Waals surface area contributed by atoms with E-state index < -0.39 is 0 Å². The van der Waals surface area contributed by atoms with Gasteiger partial charge in [0.1, 0.15) is 4.60 Å². The second-order valence-corrected chi connectivity index (χ2v) is 4.19. The van der Waals surface area contributed by atoms with Crippen LogP contribution in [0.3, 0.4) is 0 Å². The predicted octanol–water partition coefficient (Wildman–Crippen LogP) is 2.78. The highest BCUT2D eigenvalue weighted by Gasteiger charge is 2.08. The second-order valence-electron chi connectivity index (χ2n) is 3.01. The Balaban J connectivity index is 2.45. The summed E-state index contributed by atoms with van der Waals surface area (Å²) in [6.45, 7) is -0.0336. The Hall–Kier alpha value is -0.840. The van der Waals surface area contributed by atoms with E-state index in [4.69, 9.17) is 16.7 Å². The molecule has 0 aliphatic carbocycles. The number of aliphatic hydroxyl groups excluding tert-OH is 1. The Morgan fingerprint density at radius 1 is 1.33 bits per heavy atom. The number of aliphatic hydroxyl groups is 1. The molecule has 0 spiro atoms. The number of rotatable bonds is 2. The summed E-state index contributed by atoms with van der Waals surface area (Å²) in [7, 11) is 0. The first-order chi connectivity index (χ1) is 7.22. The molecule has 0 amide bonds. The summed E-state index contributed by atoms with van der Waals surface area (Å²) in [6.07, 6.45) is 1.62. The molecule has 15 heavy (non-hydrogen) atoms. The van der Waals surface area contributed by atoms with Gasteiger partial charge in [0.2, 0.25) is 0 Å². The maximum absolute atomic E-state index is 9.02. The van der Waals surface area contributed by atoms with Crippen LogP contribution in [0.5, 0.6) is 0 Å². The van der Waals surface area contributed by atoms with Crippen molar-refractivity contribution >= 4 is 27.5 Å². The molecule has 0 aliphatic heterocycles. The van der Waals surface area contributed by atoms with Gasteiger partial charge in [0.25, 0.3) is 0 Å². The zero-order chi connectivity index (χ0) is 10.8. The van der Waals surface area contributed by atoms with Crippen molar-refractivity contribution in [3.05, 3.63) is 45.7 Å². The fraction of sp³-hybridized carbons (Fsp3) is 0.100. The van der Waals surface area contributed by atoms with E-state index in [1.165, 1.54) is 0 Å². The number of nitrogens with zero attached hydrogens (tertiary/aromatic N) is 2. The number of benzene rings is 1. The number of aromatic nitrogens is 2. The Morgan fingerprint density at radius 3 is 2.53 bits per heavy atom. The highest BCUT2D eigenvalue weighted by molar-refractivity contribution is 9.10. The first-order valence-corrected chi connectivity index (χ1v) is 5.48. The minimum Gasteiger partial charge on any atom is -0.392 e. The van der Waals surface area contributed by atoms with Crippen LogP contribution in [0.4, 0.5) is 0 Å². The van der Waals surface area contributed by atoms with Crippen LogP contribution in [0.2, 0.25) is 5.02 Å². The van der Waals surface area contributed by atoms with Gasteiger partial charge in [-0.1, -0.05) is 11.6 Å². The van der Waals surface area contributed by atoms with Gasteiger partial charge >= 0.3 is 0 Å². The first-order valence-electron chi connectivity index (χ1n) is 4.31. The van der Waals surface area contributed by atoms with Gasteiger partial charge in [-0.15, -0.1) is 0 Å². The van der Waals surface area contributed by atoms with E-state index >= 15 is 0 Å². The van der Waals surface area contributed by atoms with Crippen LogP contribution in [-0.2, 0) is 6.61 Å². The largest absolute Gasteiger partial charge is 0.392 e. The van der Waals surface area contributed by atoms with Crippen molar-refractivity contribution in [1.82, 2.24) is 9.78 Å². The molecule has 78 valence electrons. The molecule has 0 unspecified atom stereocenters. The van der Waals surface area contributed by atoms with Crippen LogP contribution in [0.1, 0.15) is 5.56 Å². The molecule has 1 aromatic heterocycles. The molecule has 0 saturated carbocycles. The molecule has 0 radical (unpaired) electrons. The van der Waals surface area contributed by atoms with Crippen LogP contribution in [0, 0.1) is 0 Å². The normalized spacial score (nSPS) is 10.6. The van der Waals surface area contributed by atoms with Crippen LogP contribution in [0.25, 0.3) is 5.69 Å². The van der Waals surface area contributed by atoms with Crippen LogP contribution >= 0.6 is 27.5 Å². The molecule has 2 aromatic rings. The van der Waals surface area contributed by atoms with Crippen molar-refractivity contribution in [3.8, 4) is 5.69 Å². The smallest absolute Gasteiger partial charge is 0.115 e. The summed E-state index contributed by atoms with van der Waals surface area (Å²) in [6, 6.07) is 7.32. The summed E-state index contributed by atoms with van der Waals surface area (Å²) in [5.74, 6) is 0. The average molecular weight is 288 g/mol. The number of hydrogen-bond donors (Lipinski definition) is 1. The maximum Gasteiger partial charge on any atom is 0.115 e. The van der Waals surface area contributed by atoms with E-state index in [0.717, 1.165) is 15.9 Å². The van der Waals surface area contributed by atoms with Gasteiger partial charge in [-0.05, 0) is 40.2 Å². The van der Waals surface area contributed by atoms with Gasteiger partial charge in [-0.3, -0.25) is 0 Å². The minimum atomic E-state index is -0.0336. The third-order valence-electron chi connectivity index (χ3n) is 2.02. The van der Waals surface area contributed by atoms with Crippen molar-refractivity contribution in [2.24, 2.45) is 0 Å². The maximum atomic E-state index is 9.02. The lowest BCUT2D eigenvalue weighted by molar-refractivity contribution is 0.281.